The Labute approximate surface area is 112 Å². The van der Waals surface area contributed by atoms with Crippen LogP contribution in [0.5, 0.6) is 0 Å². The van der Waals surface area contributed by atoms with Crippen LogP contribution in [0.15, 0.2) is 12.1 Å². The number of carbonyl (C=O) groups is 1. The summed E-state index contributed by atoms with van der Waals surface area (Å²) in [6, 6.07) is 2.75. The Bertz CT molecular complexity index is 491. The molecule has 0 aromatic heterocycles. The van der Waals surface area contributed by atoms with Gasteiger partial charge in [-0.1, -0.05) is 0 Å². The Kier molecular flexibility index (Phi) is 4.04. The monoisotopic (exact) mass is 266 g/mol. The van der Waals surface area contributed by atoms with Crippen molar-refractivity contribution < 1.29 is 13.9 Å². The van der Waals surface area contributed by atoms with Crippen molar-refractivity contribution in [2.75, 3.05) is 11.9 Å². The number of amides is 1. The first-order valence-corrected chi connectivity index (χ1v) is 6.46. The van der Waals surface area contributed by atoms with E-state index in [1.165, 1.54) is 0 Å². The Morgan fingerprint density at radius 1 is 1.53 bits per heavy atom. The van der Waals surface area contributed by atoms with Crippen LogP contribution in [-0.4, -0.2) is 24.7 Å². The average Bonchev–Trinajstić information content (AvgIpc) is 2.76. The minimum absolute atomic E-state index is 0.134. The smallest absolute Gasteiger partial charge is 0.248 e. The lowest BCUT2D eigenvalue weighted by molar-refractivity contribution is 0.0637. The summed E-state index contributed by atoms with van der Waals surface area (Å²) in [6.07, 6.45) is 2.45. The van der Waals surface area contributed by atoms with Gasteiger partial charge < -0.3 is 15.8 Å². The number of carbonyl (C=O) groups excluding carboxylic acids is 1. The minimum Gasteiger partial charge on any atom is -0.382 e. The molecule has 0 spiro atoms. The zero-order valence-electron chi connectivity index (χ0n) is 11.2. The van der Waals surface area contributed by atoms with Crippen LogP contribution in [0.4, 0.5) is 10.1 Å². The molecule has 0 saturated carbocycles. The maximum atomic E-state index is 13.7. The summed E-state index contributed by atoms with van der Waals surface area (Å²) in [7, 11) is 0. The first kappa shape index (κ1) is 13.8. The van der Waals surface area contributed by atoms with Crippen molar-refractivity contribution in [3.05, 3.63) is 29.1 Å². The lowest BCUT2D eigenvalue weighted by atomic mass is 10.1. The highest BCUT2D eigenvalue weighted by atomic mass is 19.1. The second-order valence-corrected chi connectivity index (χ2v) is 5.02. The van der Waals surface area contributed by atoms with Gasteiger partial charge in [0, 0.05) is 23.4 Å². The molecule has 1 amide bonds. The lowest BCUT2D eigenvalue weighted by Crippen LogP contribution is -2.21. The van der Waals surface area contributed by atoms with E-state index in [0.29, 0.717) is 17.8 Å². The van der Waals surface area contributed by atoms with Gasteiger partial charge in [0.2, 0.25) is 5.91 Å². The number of halogens is 1. The summed E-state index contributed by atoms with van der Waals surface area (Å²) in [5.41, 5.74) is 6.43. The summed E-state index contributed by atoms with van der Waals surface area (Å²) in [4.78, 5) is 11.1. The third kappa shape index (κ3) is 3.23. The van der Waals surface area contributed by atoms with Crippen molar-refractivity contribution in [3.8, 4) is 0 Å². The Balaban J connectivity index is 2.08. The van der Waals surface area contributed by atoms with E-state index < -0.39 is 11.7 Å². The molecule has 0 radical (unpaired) electrons. The lowest BCUT2D eigenvalue weighted by Gasteiger charge is -2.15. The number of nitrogens with one attached hydrogen (secondary N) is 1. The molecule has 1 saturated heterocycles. The van der Waals surface area contributed by atoms with E-state index in [2.05, 4.69) is 5.32 Å². The van der Waals surface area contributed by atoms with Gasteiger partial charge in [-0.3, -0.25) is 4.79 Å². The highest BCUT2D eigenvalue weighted by molar-refractivity contribution is 5.94. The van der Waals surface area contributed by atoms with E-state index in [0.717, 1.165) is 18.9 Å². The van der Waals surface area contributed by atoms with Crippen LogP contribution in [0.1, 0.15) is 35.7 Å². The molecule has 1 aromatic rings. The third-order valence-corrected chi connectivity index (χ3v) is 3.47. The van der Waals surface area contributed by atoms with E-state index in [-0.39, 0.29) is 17.8 Å². The van der Waals surface area contributed by atoms with E-state index in [1.54, 1.807) is 13.0 Å². The first-order chi connectivity index (χ1) is 8.97. The normalized spacial score (nSPS) is 22.5. The molecule has 1 aromatic carbocycles. The van der Waals surface area contributed by atoms with Gasteiger partial charge in [0.15, 0.2) is 0 Å². The van der Waals surface area contributed by atoms with Crippen molar-refractivity contribution in [3.63, 3.8) is 0 Å². The molecule has 1 heterocycles. The number of ether oxygens (including phenoxy) is 1. The van der Waals surface area contributed by atoms with E-state index in [4.69, 9.17) is 10.5 Å². The molecule has 1 aliphatic heterocycles. The molecule has 5 heteroatoms. The molecule has 1 fully saturated rings. The molecule has 104 valence electrons. The molecule has 0 aliphatic carbocycles. The van der Waals surface area contributed by atoms with Crippen LogP contribution in [0.25, 0.3) is 0 Å². The van der Waals surface area contributed by atoms with Gasteiger partial charge in [0.25, 0.3) is 0 Å². The number of hydrogen-bond acceptors (Lipinski definition) is 3. The third-order valence-electron chi connectivity index (χ3n) is 3.47. The largest absolute Gasteiger partial charge is 0.382 e. The Hall–Kier alpha value is -1.62. The van der Waals surface area contributed by atoms with Gasteiger partial charge in [0.05, 0.1) is 12.2 Å². The number of primary amides is 1. The molecule has 19 heavy (non-hydrogen) atoms. The first-order valence-electron chi connectivity index (χ1n) is 6.46. The van der Waals surface area contributed by atoms with Crippen LogP contribution >= 0.6 is 0 Å². The summed E-state index contributed by atoms with van der Waals surface area (Å²) < 4.78 is 19.4. The molecule has 1 aliphatic rings. The van der Waals surface area contributed by atoms with Gasteiger partial charge >= 0.3 is 0 Å². The molecular formula is C14H19FN2O2. The van der Waals surface area contributed by atoms with Crippen LogP contribution in [0.2, 0.25) is 0 Å². The number of rotatable bonds is 4. The molecule has 0 bridgehead atoms. The molecular weight excluding hydrogens is 247 g/mol. The van der Waals surface area contributed by atoms with Crippen molar-refractivity contribution in [2.45, 2.75) is 38.9 Å². The minimum atomic E-state index is -0.632. The fourth-order valence-corrected chi connectivity index (χ4v) is 2.26. The Morgan fingerprint density at radius 3 is 2.84 bits per heavy atom. The maximum Gasteiger partial charge on any atom is 0.248 e. The summed E-state index contributed by atoms with van der Waals surface area (Å²) in [6.45, 7) is 4.31. The van der Waals surface area contributed by atoms with E-state index >= 15 is 0 Å². The van der Waals surface area contributed by atoms with E-state index in [1.807, 2.05) is 6.92 Å². The molecule has 3 N–H and O–H groups in total. The van der Waals surface area contributed by atoms with E-state index in [9.17, 15) is 9.18 Å². The number of nitrogens with two attached hydrogens (primary N) is 1. The number of benzene rings is 1. The topological polar surface area (TPSA) is 64.4 Å². The van der Waals surface area contributed by atoms with Crippen LogP contribution < -0.4 is 11.1 Å². The zero-order chi connectivity index (χ0) is 14.0. The van der Waals surface area contributed by atoms with Crippen LogP contribution in [0.3, 0.4) is 0 Å². The van der Waals surface area contributed by atoms with Crippen molar-refractivity contribution in [1.29, 1.82) is 0 Å². The van der Waals surface area contributed by atoms with Crippen molar-refractivity contribution in [2.24, 2.45) is 5.73 Å². The summed E-state index contributed by atoms with van der Waals surface area (Å²) >= 11 is 0. The predicted molar refractivity (Wildman–Crippen MR) is 71.7 cm³/mol. The van der Waals surface area contributed by atoms with Gasteiger partial charge in [0.1, 0.15) is 5.82 Å². The number of anilines is 1. The van der Waals surface area contributed by atoms with Gasteiger partial charge in [-0.15, -0.1) is 0 Å². The van der Waals surface area contributed by atoms with Gasteiger partial charge in [-0.2, -0.15) is 0 Å². The summed E-state index contributed by atoms with van der Waals surface area (Å²) in [5.74, 6) is -1.06. The highest BCUT2D eigenvalue weighted by Crippen LogP contribution is 2.23. The highest BCUT2D eigenvalue weighted by Gasteiger charge is 2.21. The van der Waals surface area contributed by atoms with Gasteiger partial charge in [-0.05, 0) is 38.8 Å². The van der Waals surface area contributed by atoms with Crippen molar-refractivity contribution >= 4 is 11.6 Å². The second kappa shape index (κ2) is 5.57. The second-order valence-electron chi connectivity index (χ2n) is 5.02. The standard InChI is InChI=1S/C14H19FN2O2/c1-8-3-4-11(19-8)7-17-13-6-10(14(16)18)5-12(15)9(13)2/h5-6,8,11,17H,3-4,7H2,1-2H3,(H2,16,18). The SMILES string of the molecule is Cc1c(F)cc(C(N)=O)cc1NCC1CCC(C)O1. The van der Waals surface area contributed by atoms with Gasteiger partial charge in [-0.25, -0.2) is 4.39 Å². The van der Waals surface area contributed by atoms with Crippen molar-refractivity contribution in [1.82, 2.24) is 0 Å². The fourth-order valence-electron chi connectivity index (χ4n) is 2.26. The van der Waals surface area contributed by atoms with Crippen LogP contribution in [0, 0.1) is 12.7 Å². The predicted octanol–water partition coefficient (Wildman–Crippen LogP) is 2.21. The molecule has 2 rings (SSSR count). The molecule has 2 unspecified atom stereocenters. The average molecular weight is 266 g/mol. The summed E-state index contributed by atoms with van der Waals surface area (Å²) in [5, 5.41) is 3.14. The fraction of sp³-hybridized carbons (Fsp3) is 0.500. The molecule has 4 nitrogen and oxygen atoms in total. The molecule has 2 atom stereocenters. The maximum absolute atomic E-state index is 13.7. The quantitative estimate of drug-likeness (QED) is 0.878. The van der Waals surface area contributed by atoms with Crippen LogP contribution in [-0.2, 0) is 4.74 Å². The Morgan fingerprint density at radius 2 is 2.26 bits per heavy atom. The number of hydrogen-bond donors (Lipinski definition) is 2. The zero-order valence-corrected chi connectivity index (χ0v) is 11.2.